The molecule has 9 heteroatoms. The van der Waals surface area contributed by atoms with Crippen molar-refractivity contribution in [3.05, 3.63) is 95.1 Å². The van der Waals surface area contributed by atoms with Crippen LogP contribution in [0.15, 0.2) is 72.8 Å². The number of nitrogens with zero attached hydrogens (tertiary/aromatic N) is 2. The number of hydrogen-bond donors (Lipinski definition) is 2. The first-order valence-corrected chi connectivity index (χ1v) is 14.2. The third-order valence-electron chi connectivity index (χ3n) is 7.73. The monoisotopic (exact) mass is 564 g/mol. The third-order valence-corrected chi connectivity index (χ3v) is 7.73. The second-order valence-electron chi connectivity index (χ2n) is 10.9. The van der Waals surface area contributed by atoms with Gasteiger partial charge in [0.25, 0.3) is 0 Å². The molecule has 0 aromatic heterocycles. The molecule has 0 radical (unpaired) electrons. The van der Waals surface area contributed by atoms with Crippen molar-refractivity contribution < 1.29 is 22.8 Å². The van der Waals surface area contributed by atoms with E-state index < -0.39 is 17.7 Å². The molecule has 41 heavy (non-hydrogen) atoms. The van der Waals surface area contributed by atoms with Crippen LogP contribution in [0.3, 0.4) is 0 Å². The van der Waals surface area contributed by atoms with Crippen molar-refractivity contribution in [2.45, 2.75) is 37.8 Å². The van der Waals surface area contributed by atoms with E-state index >= 15 is 0 Å². The largest absolute Gasteiger partial charge is 0.416 e. The van der Waals surface area contributed by atoms with E-state index in [1.54, 1.807) is 30.3 Å². The van der Waals surface area contributed by atoms with Crippen molar-refractivity contribution in [1.29, 1.82) is 0 Å². The SMILES string of the molecule is O=C(CN1CCCC1)Nc1ccc(C(c2ccc(NC(=O)CN3CCCC3)cc2)c2cccc(C(F)(F)F)c2)cc1. The normalized spacial score (nSPS) is 16.3. The summed E-state index contributed by atoms with van der Waals surface area (Å²) in [5.74, 6) is -0.658. The molecule has 0 unspecified atom stereocenters. The summed E-state index contributed by atoms with van der Waals surface area (Å²) in [6.45, 7) is 4.38. The van der Waals surface area contributed by atoms with Crippen molar-refractivity contribution in [3.8, 4) is 0 Å². The molecule has 2 aliphatic heterocycles. The van der Waals surface area contributed by atoms with Gasteiger partial charge in [-0.25, -0.2) is 0 Å². The van der Waals surface area contributed by atoms with E-state index in [1.165, 1.54) is 12.1 Å². The summed E-state index contributed by atoms with van der Waals surface area (Å²) in [4.78, 5) is 29.2. The summed E-state index contributed by atoms with van der Waals surface area (Å²) < 4.78 is 40.8. The molecule has 0 aliphatic carbocycles. The molecule has 2 saturated heterocycles. The lowest BCUT2D eigenvalue weighted by Gasteiger charge is -2.21. The lowest BCUT2D eigenvalue weighted by atomic mass is 9.84. The van der Waals surface area contributed by atoms with Gasteiger partial charge in [-0.2, -0.15) is 13.2 Å². The predicted octanol–water partition coefficient (Wildman–Crippen LogP) is 5.95. The van der Waals surface area contributed by atoms with Gasteiger partial charge in [0, 0.05) is 17.3 Å². The zero-order valence-corrected chi connectivity index (χ0v) is 22.9. The minimum absolute atomic E-state index is 0.0866. The number of alkyl halides is 3. The Kier molecular flexibility index (Phi) is 9.05. The summed E-state index contributed by atoms with van der Waals surface area (Å²) in [7, 11) is 0. The number of anilines is 2. The van der Waals surface area contributed by atoms with Crippen LogP contribution < -0.4 is 10.6 Å². The highest BCUT2D eigenvalue weighted by Gasteiger charge is 2.31. The van der Waals surface area contributed by atoms with Gasteiger partial charge >= 0.3 is 6.18 Å². The van der Waals surface area contributed by atoms with Crippen molar-refractivity contribution in [2.24, 2.45) is 0 Å². The summed E-state index contributed by atoms with van der Waals surface area (Å²) in [5.41, 5.74) is 2.63. The number of carbonyl (C=O) groups excluding carboxylic acids is 2. The Bertz CT molecular complexity index is 1250. The van der Waals surface area contributed by atoms with Crippen LogP contribution in [0.2, 0.25) is 0 Å². The highest BCUT2D eigenvalue weighted by molar-refractivity contribution is 5.92. The van der Waals surface area contributed by atoms with E-state index in [1.807, 2.05) is 24.3 Å². The molecule has 0 atom stereocenters. The number of carbonyl (C=O) groups is 2. The summed E-state index contributed by atoms with van der Waals surface area (Å²) >= 11 is 0. The van der Waals surface area contributed by atoms with Crippen molar-refractivity contribution in [3.63, 3.8) is 0 Å². The van der Waals surface area contributed by atoms with Crippen molar-refractivity contribution in [2.75, 3.05) is 49.9 Å². The van der Waals surface area contributed by atoms with Crippen LogP contribution in [0, 0.1) is 0 Å². The molecule has 3 aromatic rings. The fourth-order valence-electron chi connectivity index (χ4n) is 5.68. The zero-order chi connectivity index (χ0) is 28.8. The Morgan fingerprint density at radius 1 is 0.659 bits per heavy atom. The molecule has 0 spiro atoms. The topological polar surface area (TPSA) is 64.7 Å². The highest BCUT2D eigenvalue weighted by atomic mass is 19.4. The van der Waals surface area contributed by atoms with Gasteiger partial charge in [-0.1, -0.05) is 42.5 Å². The number of hydrogen-bond acceptors (Lipinski definition) is 4. The summed E-state index contributed by atoms with van der Waals surface area (Å²) in [6.07, 6.45) is -0.0566. The molecule has 2 aliphatic rings. The lowest BCUT2D eigenvalue weighted by molar-refractivity contribution is -0.137. The van der Waals surface area contributed by atoms with Gasteiger partial charge in [-0.05, 0) is 98.9 Å². The van der Waals surface area contributed by atoms with E-state index in [4.69, 9.17) is 0 Å². The first-order valence-electron chi connectivity index (χ1n) is 14.2. The van der Waals surface area contributed by atoms with Gasteiger partial charge in [0.05, 0.1) is 18.7 Å². The van der Waals surface area contributed by atoms with Crippen LogP contribution in [-0.2, 0) is 15.8 Å². The number of rotatable bonds is 9. The van der Waals surface area contributed by atoms with E-state index in [9.17, 15) is 22.8 Å². The van der Waals surface area contributed by atoms with Crippen LogP contribution in [0.4, 0.5) is 24.5 Å². The molecule has 2 heterocycles. The maximum absolute atomic E-state index is 13.6. The average molecular weight is 565 g/mol. The first kappa shape index (κ1) is 28.8. The maximum Gasteiger partial charge on any atom is 0.416 e. The van der Waals surface area contributed by atoms with Crippen LogP contribution in [-0.4, -0.2) is 60.9 Å². The third kappa shape index (κ3) is 7.74. The molecule has 216 valence electrons. The molecule has 2 N–H and O–H groups in total. The second kappa shape index (κ2) is 12.9. The number of likely N-dealkylation sites (tertiary alicyclic amines) is 2. The Labute approximate surface area is 238 Å². The van der Waals surface area contributed by atoms with E-state index in [0.717, 1.165) is 69.1 Å². The van der Waals surface area contributed by atoms with Gasteiger partial charge < -0.3 is 10.6 Å². The Morgan fingerprint density at radius 3 is 1.51 bits per heavy atom. The minimum atomic E-state index is -4.46. The number of amides is 2. The van der Waals surface area contributed by atoms with Gasteiger partial charge in [0.15, 0.2) is 0 Å². The van der Waals surface area contributed by atoms with Crippen molar-refractivity contribution >= 4 is 23.2 Å². The standard InChI is InChI=1S/C32H35F3N4O2/c33-32(34,35)26-7-5-6-25(20-26)31(23-8-12-27(13-9-23)36-29(40)21-38-16-1-2-17-38)24-10-14-28(15-11-24)37-30(41)22-39-18-3-4-19-39/h5-15,20,31H,1-4,16-19,21-22H2,(H,36,40)(H,37,41). The number of benzene rings is 3. The van der Waals surface area contributed by atoms with Crippen LogP contribution in [0.25, 0.3) is 0 Å². The van der Waals surface area contributed by atoms with Gasteiger partial charge in [-0.15, -0.1) is 0 Å². The molecule has 5 rings (SSSR count). The van der Waals surface area contributed by atoms with Crippen LogP contribution in [0.1, 0.15) is 53.9 Å². The first-order chi connectivity index (χ1) is 19.7. The quantitative estimate of drug-likeness (QED) is 0.315. The fraction of sp³-hybridized carbons (Fsp3) is 0.375. The molecular formula is C32H35F3N4O2. The van der Waals surface area contributed by atoms with E-state index in [0.29, 0.717) is 30.0 Å². The van der Waals surface area contributed by atoms with Gasteiger partial charge in [-0.3, -0.25) is 19.4 Å². The Hall–Kier alpha value is -3.69. The number of nitrogens with one attached hydrogen (secondary N) is 2. The van der Waals surface area contributed by atoms with E-state index in [2.05, 4.69) is 20.4 Å². The Balaban J connectivity index is 1.36. The van der Waals surface area contributed by atoms with Gasteiger partial charge in [0.1, 0.15) is 0 Å². The highest BCUT2D eigenvalue weighted by Crippen LogP contribution is 2.37. The Morgan fingerprint density at radius 2 is 1.10 bits per heavy atom. The molecular weight excluding hydrogens is 529 g/mol. The molecule has 0 bridgehead atoms. The van der Waals surface area contributed by atoms with Crippen molar-refractivity contribution in [1.82, 2.24) is 9.80 Å². The lowest BCUT2D eigenvalue weighted by Crippen LogP contribution is -2.30. The molecule has 2 amide bonds. The minimum Gasteiger partial charge on any atom is -0.325 e. The maximum atomic E-state index is 13.6. The number of halogens is 3. The molecule has 2 fully saturated rings. The predicted molar refractivity (Wildman–Crippen MR) is 154 cm³/mol. The molecule has 0 saturated carbocycles. The second-order valence-corrected chi connectivity index (χ2v) is 10.9. The average Bonchev–Trinajstić information content (AvgIpc) is 3.65. The zero-order valence-electron chi connectivity index (χ0n) is 22.9. The fourth-order valence-corrected chi connectivity index (χ4v) is 5.68. The van der Waals surface area contributed by atoms with Crippen LogP contribution in [0.5, 0.6) is 0 Å². The molecule has 6 nitrogen and oxygen atoms in total. The summed E-state index contributed by atoms with van der Waals surface area (Å²) in [5, 5.41) is 5.84. The van der Waals surface area contributed by atoms with Crippen LogP contribution >= 0.6 is 0 Å². The summed E-state index contributed by atoms with van der Waals surface area (Å²) in [6, 6.07) is 19.8. The smallest absolute Gasteiger partial charge is 0.325 e. The van der Waals surface area contributed by atoms with Gasteiger partial charge in [0.2, 0.25) is 11.8 Å². The van der Waals surface area contributed by atoms with E-state index in [-0.39, 0.29) is 11.8 Å². The molecule has 3 aromatic carbocycles.